The molecular formula is C16H19F4N3OS. The summed E-state index contributed by atoms with van der Waals surface area (Å²) in [5.74, 6) is 0.884. The van der Waals surface area contributed by atoms with Gasteiger partial charge in [0.1, 0.15) is 0 Å². The fourth-order valence-electron chi connectivity index (χ4n) is 3.20. The van der Waals surface area contributed by atoms with Crippen LogP contribution in [0.4, 0.5) is 23.4 Å². The van der Waals surface area contributed by atoms with Crippen molar-refractivity contribution >= 4 is 23.5 Å². The molecule has 0 aliphatic carbocycles. The largest absolute Gasteiger partial charge is 0.417 e. The van der Waals surface area contributed by atoms with Gasteiger partial charge in [0.05, 0.1) is 5.56 Å². The number of rotatable bonds is 2. The van der Waals surface area contributed by atoms with E-state index < -0.39 is 17.6 Å². The molecule has 0 aromatic carbocycles. The summed E-state index contributed by atoms with van der Waals surface area (Å²) in [6.07, 6.45) is -2.84. The normalized spacial score (nSPS) is 20.0. The molecule has 0 spiro atoms. The van der Waals surface area contributed by atoms with Gasteiger partial charge in [-0.2, -0.15) is 24.9 Å². The molecular weight excluding hydrogens is 358 g/mol. The molecule has 0 atom stereocenters. The Balaban J connectivity index is 1.61. The minimum Gasteiger partial charge on any atom is -0.354 e. The highest BCUT2D eigenvalue weighted by Crippen LogP contribution is 2.32. The molecule has 4 nitrogen and oxygen atoms in total. The monoisotopic (exact) mass is 377 g/mol. The Morgan fingerprint density at radius 1 is 1.16 bits per heavy atom. The number of carbonyl (C=O) groups excluding carboxylic acids is 1. The first-order chi connectivity index (χ1) is 11.9. The molecule has 9 heteroatoms. The summed E-state index contributed by atoms with van der Waals surface area (Å²) >= 11 is 1.83. The average Bonchev–Trinajstić information content (AvgIpc) is 2.61. The second-order valence-corrected chi connectivity index (χ2v) is 7.45. The van der Waals surface area contributed by atoms with Crippen molar-refractivity contribution in [1.29, 1.82) is 0 Å². The van der Waals surface area contributed by atoms with E-state index in [9.17, 15) is 22.4 Å². The number of piperidine rings is 1. The Morgan fingerprint density at radius 2 is 1.80 bits per heavy atom. The van der Waals surface area contributed by atoms with Crippen LogP contribution in [0.25, 0.3) is 0 Å². The number of halogens is 4. The van der Waals surface area contributed by atoms with Gasteiger partial charge in [-0.3, -0.25) is 4.79 Å². The summed E-state index contributed by atoms with van der Waals surface area (Å²) in [6.45, 7) is 2.35. The van der Waals surface area contributed by atoms with E-state index in [1.807, 2.05) is 16.7 Å². The third-order valence-electron chi connectivity index (χ3n) is 4.62. The Kier molecular flexibility index (Phi) is 5.41. The van der Waals surface area contributed by atoms with Crippen LogP contribution in [0.3, 0.4) is 0 Å². The zero-order valence-corrected chi connectivity index (χ0v) is 14.4. The number of hydrogen-bond acceptors (Lipinski definition) is 4. The smallest absolute Gasteiger partial charge is 0.354 e. The zero-order valence-electron chi connectivity index (χ0n) is 13.6. The van der Waals surface area contributed by atoms with Crippen molar-refractivity contribution < 1.29 is 22.4 Å². The molecule has 0 bridgehead atoms. The third kappa shape index (κ3) is 4.19. The van der Waals surface area contributed by atoms with Crippen LogP contribution < -0.4 is 4.90 Å². The first-order valence-corrected chi connectivity index (χ1v) is 9.36. The van der Waals surface area contributed by atoms with Crippen LogP contribution in [0.1, 0.15) is 18.4 Å². The second-order valence-electron chi connectivity index (χ2n) is 6.23. The maximum atomic E-state index is 14.0. The van der Waals surface area contributed by atoms with Crippen LogP contribution in [0.5, 0.6) is 0 Å². The predicted octanol–water partition coefficient (Wildman–Crippen LogP) is 3.03. The number of thioether (sulfide) groups is 1. The standard InChI is InChI=1S/C16H19F4N3OS/c17-13-9-12(16(18,19)20)10-21-14(13)22-3-1-11(2-4-22)15(24)23-5-7-25-8-6-23/h9-11H,1-8H2. The molecule has 0 saturated carbocycles. The van der Waals surface area contributed by atoms with Crippen molar-refractivity contribution in [2.45, 2.75) is 19.0 Å². The van der Waals surface area contributed by atoms with Gasteiger partial charge in [-0.05, 0) is 18.9 Å². The summed E-state index contributed by atoms with van der Waals surface area (Å²) in [4.78, 5) is 19.7. The van der Waals surface area contributed by atoms with E-state index in [-0.39, 0.29) is 17.6 Å². The molecule has 3 heterocycles. The van der Waals surface area contributed by atoms with Gasteiger partial charge in [-0.1, -0.05) is 0 Å². The lowest BCUT2D eigenvalue weighted by Gasteiger charge is -2.36. The number of alkyl halides is 3. The quantitative estimate of drug-likeness (QED) is 0.743. The molecule has 1 amide bonds. The van der Waals surface area contributed by atoms with E-state index in [2.05, 4.69) is 4.98 Å². The van der Waals surface area contributed by atoms with Crippen molar-refractivity contribution in [3.63, 3.8) is 0 Å². The van der Waals surface area contributed by atoms with Crippen molar-refractivity contribution in [2.75, 3.05) is 42.6 Å². The van der Waals surface area contributed by atoms with Gasteiger partial charge in [0.25, 0.3) is 0 Å². The molecule has 0 unspecified atom stereocenters. The maximum absolute atomic E-state index is 14.0. The van der Waals surface area contributed by atoms with Crippen LogP contribution in [0, 0.1) is 11.7 Å². The SMILES string of the molecule is O=C(C1CCN(c2ncc(C(F)(F)F)cc2F)CC1)N1CCSCC1. The molecule has 138 valence electrons. The number of aromatic nitrogens is 1. The first-order valence-electron chi connectivity index (χ1n) is 8.20. The number of hydrogen-bond donors (Lipinski definition) is 0. The lowest BCUT2D eigenvalue weighted by Crippen LogP contribution is -2.45. The molecule has 2 aliphatic heterocycles. The first kappa shape index (κ1) is 18.3. The Morgan fingerprint density at radius 3 is 2.36 bits per heavy atom. The van der Waals surface area contributed by atoms with E-state index >= 15 is 0 Å². The average molecular weight is 377 g/mol. The predicted molar refractivity (Wildman–Crippen MR) is 88.0 cm³/mol. The number of nitrogens with zero attached hydrogens (tertiary/aromatic N) is 3. The van der Waals surface area contributed by atoms with Gasteiger partial charge in [0.2, 0.25) is 5.91 Å². The van der Waals surface area contributed by atoms with Gasteiger partial charge in [0, 0.05) is 49.8 Å². The van der Waals surface area contributed by atoms with Crippen LogP contribution in [0.2, 0.25) is 0 Å². The van der Waals surface area contributed by atoms with Crippen LogP contribution in [0.15, 0.2) is 12.3 Å². The van der Waals surface area contributed by atoms with Crippen molar-refractivity contribution in [1.82, 2.24) is 9.88 Å². The minimum atomic E-state index is -4.61. The summed E-state index contributed by atoms with van der Waals surface area (Å²) in [5.41, 5.74) is -1.10. The Hall–Kier alpha value is -1.51. The van der Waals surface area contributed by atoms with Gasteiger partial charge in [-0.15, -0.1) is 0 Å². The topological polar surface area (TPSA) is 36.4 Å². The Bertz CT molecular complexity index is 626. The summed E-state index contributed by atoms with van der Waals surface area (Å²) in [6, 6.07) is 0.477. The molecule has 2 aliphatic rings. The van der Waals surface area contributed by atoms with Gasteiger partial charge in [-0.25, -0.2) is 9.37 Å². The maximum Gasteiger partial charge on any atom is 0.417 e. The molecule has 25 heavy (non-hydrogen) atoms. The summed E-state index contributed by atoms with van der Waals surface area (Å²) in [5, 5.41) is 0. The number of pyridine rings is 1. The fourth-order valence-corrected chi connectivity index (χ4v) is 4.10. The fraction of sp³-hybridized carbons (Fsp3) is 0.625. The van der Waals surface area contributed by atoms with Crippen LogP contribution >= 0.6 is 11.8 Å². The highest BCUT2D eigenvalue weighted by atomic mass is 32.2. The molecule has 2 fully saturated rings. The summed E-state index contributed by atoms with van der Waals surface area (Å²) < 4.78 is 51.8. The lowest BCUT2D eigenvalue weighted by atomic mass is 9.95. The van der Waals surface area contributed by atoms with Gasteiger partial charge >= 0.3 is 6.18 Å². The highest BCUT2D eigenvalue weighted by Gasteiger charge is 2.34. The van der Waals surface area contributed by atoms with Gasteiger partial charge < -0.3 is 9.80 Å². The van der Waals surface area contributed by atoms with Crippen LogP contribution in [-0.4, -0.2) is 53.5 Å². The van der Waals surface area contributed by atoms with Gasteiger partial charge in [0.15, 0.2) is 11.6 Å². The molecule has 2 saturated heterocycles. The van der Waals surface area contributed by atoms with E-state index in [1.165, 1.54) is 0 Å². The van der Waals surface area contributed by atoms with E-state index in [0.29, 0.717) is 38.2 Å². The zero-order chi connectivity index (χ0) is 18.0. The minimum absolute atomic E-state index is 0.0757. The second kappa shape index (κ2) is 7.39. The number of amides is 1. The van der Waals surface area contributed by atoms with Crippen molar-refractivity contribution in [2.24, 2.45) is 5.92 Å². The molecule has 0 radical (unpaired) electrons. The van der Waals surface area contributed by atoms with E-state index in [1.54, 1.807) is 4.90 Å². The molecule has 1 aromatic heterocycles. The van der Waals surface area contributed by atoms with Crippen LogP contribution in [-0.2, 0) is 11.0 Å². The molecule has 3 rings (SSSR count). The highest BCUT2D eigenvalue weighted by molar-refractivity contribution is 7.99. The number of carbonyl (C=O) groups is 1. The third-order valence-corrected chi connectivity index (χ3v) is 5.56. The Labute approximate surface area is 147 Å². The van der Waals surface area contributed by atoms with Crippen molar-refractivity contribution in [3.05, 3.63) is 23.6 Å². The summed E-state index contributed by atoms with van der Waals surface area (Å²) in [7, 11) is 0. The molecule has 1 aromatic rings. The van der Waals surface area contributed by atoms with E-state index in [0.717, 1.165) is 24.6 Å². The van der Waals surface area contributed by atoms with E-state index in [4.69, 9.17) is 0 Å². The lowest BCUT2D eigenvalue weighted by molar-refractivity contribution is -0.138. The molecule has 0 N–H and O–H groups in total. The number of anilines is 1. The van der Waals surface area contributed by atoms with Crippen molar-refractivity contribution in [3.8, 4) is 0 Å².